The average molecular weight is 193 g/mol. The molecule has 0 bridgehead atoms. The van der Waals surface area contributed by atoms with Gasteiger partial charge in [-0.2, -0.15) is 0 Å². The quantitative estimate of drug-likeness (QED) is 0.550. The average Bonchev–Trinajstić information content (AvgIpc) is 2.02. The maximum absolute atomic E-state index is 5.75. The van der Waals surface area contributed by atoms with Gasteiger partial charge < -0.3 is 0 Å². The van der Waals surface area contributed by atoms with Gasteiger partial charge in [0.2, 0.25) is 0 Å². The van der Waals surface area contributed by atoms with E-state index in [-0.39, 0.29) is 5.41 Å². The Bertz CT molecular complexity index is 330. The molecule has 1 rings (SSSR count). The summed E-state index contributed by atoms with van der Waals surface area (Å²) in [5, 5.41) is 0.751. The zero-order valence-corrected chi connectivity index (χ0v) is 8.94. The van der Waals surface area contributed by atoms with E-state index < -0.39 is 0 Å². The highest BCUT2D eigenvalue weighted by atomic mass is 35.5. The fraction of sp³-hybridized carbons (Fsp3) is 0.333. The molecule has 0 aromatic heterocycles. The van der Waals surface area contributed by atoms with E-state index in [9.17, 15) is 0 Å². The van der Waals surface area contributed by atoms with Crippen LogP contribution in [0.5, 0.6) is 0 Å². The minimum Gasteiger partial charge on any atom is -0.0920 e. The van der Waals surface area contributed by atoms with Gasteiger partial charge in [0.25, 0.3) is 0 Å². The molecule has 0 aliphatic heterocycles. The highest BCUT2D eigenvalue weighted by Crippen LogP contribution is 2.12. The molecule has 0 atom stereocenters. The molecule has 0 fully saturated rings. The van der Waals surface area contributed by atoms with E-state index in [2.05, 4.69) is 32.6 Å². The Kier molecular flexibility index (Phi) is 3.01. The fourth-order valence-corrected chi connectivity index (χ4v) is 0.919. The first kappa shape index (κ1) is 10.2. The van der Waals surface area contributed by atoms with Crippen molar-refractivity contribution in [2.75, 3.05) is 0 Å². The lowest BCUT2D eigenvalue weighted by Gasteiger charge is -2.06. The molecule has 0 spiro atoms. The second kappa shape index (κ2) is 3.85. The maximum Gasteiger partial charge on any atom is 0.0406 e. The summed E-state index contributed by atoms with van der Waals surface area (Å²) >= 11 is 5.75. The molecular weight excluding hydrogens is 180 g/mol. The SMILES string of the molecule is CC(C)(C)C#Cc1ccc(Cl)cc1. The zero-order chi connectivity index (χ0) is 9.90. The molecule has 0 radical (unpaired) electrons. The first-order chi connectivity index (χ1) is 5.97. The van der Waals surface area contributed by atoms with E-state index in [1.807, 2.05) is 24.3 Å². The molecule has 0 nitrogen and oxygen atoms in total. The van der Waals surface area contributed by atoms with Crippen LogP contribution in [0.1, 0.15) is 26.3 Å². The summed E-state index contributed by atoms with van der Waals surface area (Å²) in [6, 6.07) is 7.57. The Morgan fingerprint density at radius 3 is 2.08 bits per heavy atom. The van der Waals surface area contributed by atoms with E-state index in [4.69, 9.17) is 11.6 Å². The van der Waals surface area contributed by atoms with Crippen LogP contribution in [0.3, 0.4) is 0 Å². The molecule has 1 aromatic carbocycles. The van der Waals surface area contributed by atoms with Gasteiger partial charge in [-0.1, -0.05) is 23.4 Å². The Morgan fingerprint density at radius 2 is 1.62 bits per heavy atom. The largest absolute Gasteiger partial charge is 0.0920 e. The number of hydrogen-bond acceptors (Lipinski definition) is 0. The van der Waals surface area contributed by atoms with E-state index in [0.29, 0.717) is 0 Å². The van der Waals surface area contributed by atoms with Gasteiger partial charge in [0.15, 0.2) is 0 Å². The van der Waals surface area contributed by atoms with Crippen molar-refractivity contribution >= 4 is 11.6 Å². The van der Waals surface area contributed by atoms with Crippen molar-refractivity contribution in [2.24, 2.45) is 5.41 Å². The van der Waals surface area contributed by atoms with Gasteiger partial charge >= 0.3 is 0 Å². The van der Waals surface area contributed by atoms with Gasteiger partial charge in [-0.15, -0.1) is 0 Å². The predicted molar refractivity (Wildman–Crippen MR) is 57.8 cm³/mol. The van der Waals surface area contributed by atoms with Crippen molar-refractivity contribution in [2.45, 2.75) is 20.8 Å². The molecule has 0 aliphatic carbocycles. The van der Waals surface area contributed by atoms with Gasteiger partial charge in [0.1, 0.15) is 0 Å². The van der Waals surface area contributed by atoms with E-state index in [1.54, 1.807) is 0 Å². The van der Waals surface area contributed by atoms with E-state index in [1.165, 1.54) is 0 Å². The summed E-state index contributed by atoms with van der Waals surface area (Å²) < 4.78 is 0. The Morgan fingerprint density at radius 1 is 1.08 bits per heavy atom. The van der Waals surface area contributed by atoms with Crippen molar-refractivity contribution in [1.29, 1.82) is 0 Å². The van der Waals surface area contributed by atoms with Crippen LogP contribution >= 0.6 is 11.6 Å². The summed E-state index contributed by atoms with van der Waals surface area (Å²) in [5.41, 5.74) is 1.07. The molecule has 1 aromatic rings. The third-order valence-corrected chi connectivity index (χ3v) is 1.68. The van der Waals surface area contributed by atoms with Crippen molar-refractivity contribution in [1.82, 2.24) is 0 Å². The molecule has 1 heteroatoms. The smallest absolute Gasteiger partial charge is 0.0406 e. The number of benzene rings is 1. The second-order valence-electron chi connectivity index (χ2n) is 4.01. The molecule has 0 heterocycles. The van der Waals surface area contributed by atoms with Crippen molar-refractivity contribution < 1.29 is 0 Å². The first-order valence-corrected chi connectivity index (χ1v) is 4.64. The molecule has 13 heavy (non-hydrogen) atoms. The lowest BCUT2D eigenvalue weighted by atomic mass is 9.97. The second-order valence-corrected chi connectivity index (χ2v) is 4.44. The molecule has 68 valence electrons. The summed E-state index contributed by atoms with van der Waals surface area (Å²) in [6.45, 7) is 6.28. The highest BCUT2D eigenvalue weighted by molar-refractivity contribution is 6.30. The van der Waals surface area contributed by atoms with E-state index in [0.717, 1.165) is 10.6 Å². The highest BCUT2D eigenvalue weighted by Gasteiger charge is 2.02. The van der Waals surface area contributed by atoms with Crippen LogP contribution in [-0.2, 0) is 0 Å². The zero-order valence-electron chi connectivity index (χ0n) is 8.19. The van der Waals surface area contributed by atoms with Crippen molar-refractivity contribution in [3.63, 3.8) is 0 Å². The van der Waals surface area contributed by atoms with Crippen molar-refractivity contribution in [3.05, 3.63) is 34.9 Å². The minimum atomic E-state index is 0.0552. The van der Waals surface area contributed by atoms with Gasteiger partial charge in [-0.25, -0.2) is 0 Å². The van der Waals surface area contributed by atoms with Gasteiger partial charge in [-0.05, 0) is 45.0 Å². The third-order valence-electron chi connectivity index (χ3n) is 1.43. The van der Waals surface area contributed by atoms with Gasteiger partial charge in [0, 0.05) is 16.0 Å². The Balaban J connectivity index is 2.85. The minimum absolute atomic E-state index is 0.0552. The van der Waals surface area contributed by atoms with E-state index >= 15 is 0 Å². The van der Waals surface area contributed by atoms with Crippen LogP contribution in [0.25, 0.3) is 0 Å². The summed E-state index contributed by atoms with van der Waals surface area (Å²) in [5.74, 6) is 6.27. The number of rotatable bonds is 0. The number of halogens is 1. The topological polar surface area (TPSA) is 0 Å². The molecule has 0 saturated heterocycles. The first-order valence-electron chi connectivity index (χ1n) is 4.26. The summed E-state index contributed by atoms with van der Waals surface area (Å²) in [7, 11) is 0. The van der Waals surface area contributed by atoms with Crippen LogP contribution in [0.2, 0.25) is 5.02 Å². The molecule has 0 aliphatic rings. The van der Waals surface area contributed by atoms with Crippen LogP contribution in [0.15, 0.2) is 24.3 Å². The Hall–Kier alpha value is -0.930. The van der Waals surface area contributed by atoms with Gasteiger partial charge in [0.05, 0.1) is 0 Å². The third kappa shape index (κ3) is 4.01. The lowest BCUT2D eigenvalue weighted by molar-refractivity contribution is 0.571. The van der Waals surface area contributed by atoms with Crippen molar-refractivity contribution in [3.8, 4) is 11.8 Å². The molecule has 0 amide bonds. The fourth-order valence-electron chi connectivity index (χ4n) is 0.793. The molecule has 0 unspecified atom stereocenters. The maximum atomic E-state index is 5.75. The van der Waals surface area contributed by atoms with Crippen LogP contribution in [0, 0.1) is 17.3 Å². The molecular formula is C12H13Cl. The normalized spacial score (nSPS) is 10.5. The lowest BCUT2D eigenvalue weighted by Crippen LogP contribution is -1.99. The van der Waals surface area contributed by atoms with Crippen LogP contribution < -0.4 is 0 Å². The van der Waals surface area contributed by atoms with Crippen LogP contribution in [-0.4, -0.2) is 0 Å². The Labute approximate surface area is 84.9 Å². The monoisotopic (exact) mass is 192 g/mol. The van der Waals surface area contributed by atoms with Crippen LogP contribution in [0.4, 0.5) is 0 Å². The standard InChI is InChI=1S/C12H13Cl/c1-12(2,3)9-8-10-4-6-11(13)7-5-10/h4-7H,1-3H3. The number of hydrogen-bond donors (Lipinski definition) is 0. The summed E-state index contributed by atoms with van der Waals surface area (Å²) in [4.78, 5) is 0. The summed E-state index contributed by atoms with van der Waals surface area (Å²) in [6.07, 6.45) is 0. The van der Waals surface area contributed by atoms with Gasteiger partial charge in [-0.3, -0.25) is 0 Å². The molecule has 0 saturated carbocycles. The predicted octanol–water partition coefficient (Wildman–Crippen LogP) is 3.74. The molecule has 0 N–H and O–H groups in total.